The number of likely N-dealkylation sites (tertiary alicyclic amines) is 2. The van der Waals surface area contributed by atoms with Gasteiger partial charge in [0, 0.05) is 31.5 Å². The predicted octanol–water partition coefficient (Wildman–Crippen LogP) is 1.88. The van der Waals surface area contributed by atoms with Crippen LogP contribution in [0.1, 0.15) is 25.3 Å². The average molecular weight is 258 g/mol. The largest absolute Gasteiger partial charge is 0.341 e. The summed E-state index contributed by atoms with van der Waals surface area (Å²) in [5.41, 5.74) is 1.70. The molecule has 0 radical (unpaired) electrons. The van der Waals surface area contributed by atoms with Crippen LogP contribution in [-0.4, -0.2) is 48.4 Å². The molecule has 0 N–H and O–H groups in total. The molecule has 2 aliphatic rings. The number of hydrogen-bond donors (Lipinski definition) is 0. The molecule has 1 aromatic rings. The highest BCUT2D eigenvalue weighted by atomic mass is 16.2. The van der Waals surface area contributed by atoms with E-state index in [2.05, 4.69) is 42.3 Å². The Hall–Kier alpha value is -1.35. The van der Waals surface area contributed by atoms with Gasteiger partial charge in [-0.3, -0.25) is 4.79 Å². The van der Waals surface area contributed by atoms with Gasteiger partial charge in [0.1, 0.15) is 0 Å². The lowest BCUT2D eigenvalue weighted by Crippen LogP contribution is -2.55. The van der Waals surface area contributed by atoms with Crippen molar-refractivity contribution in [3.8, 4) is 0 Å². The minimum Gasteiger partial charge on any atom is -0.341 e. The Bertz CT molecular complexity index is 473. The summed E-state index contributed by atoms with van der Waals surface area (Å²) in [5, 5.41) is 0. The normalized spacial score (nSPS) is 31.3. The summed E-state index contributed by atoms with van der Waals surface area (Å²) < 4.78 is 0. The van der Waals surface area contributed by atoms with Gasteiger partial charge in [0.2, 0.25) is 5.91 Å². The summed E-state index contributed by atoms with van der Waals surface area (Å²) in [6.07, 6.45) is 2.30. The molecule has 0 aromatic heterocycles. The Kier molecular flexibility index (Phi) is 3.09. The minimum absolute atomic E-state index is 0.210. The molecule has 1 amide bonds. The molecule has 3 rings (SSSR count). The molecule has 2 aliphatic heterocycles. The van der Waals surface area contributed by atoms with Gasteiger partial charge in [0.15, 0.2) is 0 Å². The quantitative estimate of drug-likeness (QED) is 0.768. The fraction of sp³-hybridized carbons (Fsp3) is 0.562. The molecule has 0 saturated carbocycles. The second-order valence-electron chi connectivity index (χ2n) is 5.98. The number of carbonyl (C=O) groups excluding carboxylic acids is 1. The second-order valence-corrected chi connectivity index (χ2v) is 5.98. The van der Waals surface area contributed by atoms with E-state index in [0.29, 0.717) is 6.04 Å². The first kappa shape index (κ1) is 12.7. The molecule has 19 heavy (non-hydrogen) atoms. The van der Waals surface area contributed by atoms with E-state index in [1.807, 2.05) is 4.90 Å². The van der Waals surface area contributed by atoms with Crippen molar-refractivity contribution in [2.75, 3.05) is 26.7 Å². The van der Waals surface area contributed by atoms with Crippen LogP contribution in [0.15, 0.2) is 30.3 Å². The Labute approximate surface area is 115 Å². The van der Waals surface area contributed by atoms with E-state index in [1.54, 1.807) is 6.92 Å². The number of hydrogen-bond acceptors (Lipinski definition) is 2. The minimum atomic E-state index is 0.210. The Morgan fingerprint density at radius 1 is 1.21 bits per heavy atom. The Morgan fingerprint density at radius 3 is 2.58 bits per heavy atom. The van der Waals surface area contributed by atoms with Gasteiger partial charge < -0.3 is 9.80 Å². The van der Waals surface area contributed by atoms with Crippen LogP contribution in [0, 0.1) is 0 Å². The van der Waals surface area contributed by atoms with Crippen molar-refractivity contribution >= 4 is 5.91 Å². The zero-order valence-electron chi connectivity index (χ0n) is 11.8. The van der Waals surface area contributed by atoms with Crippen molar-refractivity contribution in [3.05, 3.63) is 35.9 Å². The van der Waals surface area contributed by atoms with Crippen LogP contribution in [0.3, 0.4) is 0 Å². The van der Waals surface area contributed by atoms with Crippen LogP contribution in [0.5, 0.6) is 0 Å². The molecular formula is C16H22N2O. The summed E-state index contributed by atoms with van der Waals surface area (Å²) in [6, 6.07) is 11.3. The van der Waals surface area contributed by atoms with Crippen LogP contribution in [0.2, 0.25) is 0 Å². The number of nitrogens with zero attached hydrogens (tertiary/aromatic N) is 2. The molecule has 2 saturated heterocycles. The topological polar surface area (TPSA) is 23.6 Å². The fourth-order valence-electron chi connectivity index (χ4n) is 3.90. The maximum Gasteiger partial charge on any atom is 0.219 e. The molecular weight excluding hydrogens is 236 g/mol. The molecule has 2 fully saturated rings. The lowest BCUT2D eigenvalue weighted by molar-refractivity contribution is -0.131. The molecule has 102 valence electrons. The summed E-state index contributed by atoms with van der Waals surface area (Å²) >= 11 is 0. The summed E-state index contributed by atoms with van der Waals surface area (Å²) in [6.45, 7) is 4.59. The molecule has 2 heterocycles. The fourth-order valence-corrected chi connectivity index (χ4v) is 3.90. The number of carbonyl (C=O) groups is 1. The van der Waals surface area contributed by atoms with Gasteiger partial charge in [0.05, 0.1) is 0 Å². The average Bonchev–Trinajstić information content (AvgIpc) is 2.78. The molecule has 3 nitrogen and oxygen atoms in total. The Balaban J connectivity index is 1.95. The third-order valence-electron chi connectivity index (χ3n) is 5.10. The SMILES string of the molecule is CC(=O)N1CC[C@]2(c3ccccc3)CCN(C)[C@H]2C1. The first-order valence-corrected chi connectivity index (χ1v) is 7.15. The summed E-state index contributed by atoms with van der Waals surface area (Å²) in [7, 11) is 2.19. The highest BCUT2D eigenvalue weighted by Gasteiger charge is 2.50. The number of fused-ring (bicyclic) bond motifs is 1. The number of rotatable bonds is 1. The van der Waals surface area contributed by atoms with Gasteiger partial charge in [-0.25, -0.2) is 0 Å². The van der Waals surface area contributed by atoms with Crippen LogP contribution < -0.4 is 0 Å². The lowest BCUT2D eigenvalue weighted by atomic mass is 9.69. The monoisotopic (exact) mass is 258 g/mol. The van der Waals surface area contributed by atoms with Crippen molar-refractivity contribution in [1.29, 1.82) is 0 Å². The molecule has 0 spiro atoms. The van der Waals surface area contributed by atoms with E-state index in [0.717, 1.165) is 26.1 Å². The standard InChI is InChI=1S/C16H22N2O/c1-13(19)18-11-9-16(14-6-4-3-5-7-14)8-10-17(2)15(16)12-18/h3-7,15H,8-12H2,1-2H3/t15-,16-/m0/s1. The van der Waals surface area contributed by atoms with Crippen molar-refractivity contribution in [2.45, 2.75) is 31.2 Å². The van der Waals surface area contributed by atoms with E-state index >= 15 is 0 Å². The maximum atomic E-state index is 11.6. The van der Waals surface area contributed by atoms with Gasteiger partial charge in [-0.1, -0.05) is 30.3 Å². The van der Waals surface area contributed by atoms with Crippen LogP contribution in [0.25, 0.3) is 0 Å². The summed E-state index contributed by atoms with van der Waals surface area (Å²) in [5.74, 6) is 0.210. The smallest absolute Gasteiger partial charge is 0.219 e. The zero-order valence-corrected chi connectivity index (χ0v) is 11.8. The number of amides is 1. The molecule has 0 aliphatic carbocycles. The molecule has 0 unspecified atom stereocenters. The van der Waals surface area contributed by atoms with E-state index in [9.17, 15) is 4.79 Å². The second kappa shape index (κ2) is 4.64. The van der Waals surface area contributed by atoms with Crippen molar-refractivity contribution in [3.63, 3.8) is 0 Å². The van der Waals surface area contributed by atoms with Gasteiger partial charge in [-0.05, 0) is 32.0 Å². The zero-order chi connectivity index (χ0) is 13.5. The summed E-state index contributed by atoms with van der Waals surface area (Å²) in [4.78, 5) is 16.1. The van der Waals surface area contributed by atoms with Crippen LogP contribution >= 0.6 is 0 Å². The lowest BCUT2D eigenvalue weighted by Gasteiger charge is -2.46. The highest BCUT2D eigenvalue weighted by molar-refractivity contribution is 5.73. The van der Waals surface area contributed by atoms with Crippen molar-refractivity contribution < 1.29 is 4.79 Å². The van der Waals surface area contributed by atoms with E-state index in [1.165, 1.54) is 12.0 Å². The number of benzene rings is 1. The van der Waals surface area contributed by atoms with E-state index in [-0.39, 0.29) is 11.3 Å². The van der Waals surface area contributed by atoms with Gasteiger partial charge in [-0.15, -0.1) is 0 Å². The molecule has 0 bridgehead atoms. The van der Waals surface area contributed by atoms with Gasteiger partial charge in [-0.2, -0.15) is 0 Å². The van der Waals surface area contributed by atoms with Crippen molar-refractivity contribution in [2.24, 2.45) is 0 Å². The molecule has 1 aromatic carbocycles. The van der Waals surface area contributed by atoms with Crippen LogP contribution in [-0.2, 0) is 10.2 Å². The van der Waals surface area contributed by atoms with E-state index in [4.69, 9.17) is 0 Å². The van der Waals surface area contributed by atoms with E-state index < -0.39 is 0 Å². The van der Waals surface area contributed by atoms with Gasteiger partial charge in [0.25, 0.3) is 0 Å². The first-order valence-electron chi connectivity index (χ1n) is 7.15. The third-order valence-corrected chi connectivity index (χ3v) is 5.10. The first-order chi connectivity index (χ1) is 9.13. The van der Waals surface area contributed by atoms with Gasteiger partial charge >= 0.3 is 0 Å². The highest BCUT2D eigenvalue weighted by Crippen LogP contribution is 2.45. The maximum absolute atomic E-state index is 11.6. The predicted molar refractivity (Wildman–Crippen MR) is 76.0 cm³/mol. The van der Waals surface area contributed by atoms with Crippen LogP contribution in [0.4, 0.5) is 0 Å². The molecule has 3 heteroatoms. The number of piperidine rings is 1. The number of likely N-dealkylation sites (N-methyl/N-ethyl adjacent to an activating group) is 1. The third kappa shape index (κ3) is 1.96. The van der Waals surface area contributed by atoms with Crippen molar-refractivity contribution in [1.82, 2.24) is 9.80 Å². The molecule has 2 atom stereocenters. The Morgan fingerprint density at radius 2 is 1.89 bits per heavy atom.